The molecule has 1 aliphatic carbocycles. The Kier molecular flexibility index (Phi) is 4.78. The molecule has 0 saturated heterocycles. The molecule has 1 aliphatic rings. The summed E-state index contributed by atoms with van der Waals surface area (Å²) in [7, 11) is 0. The van der Waals surface area contributed by atoms with E-state index >= 15 is 0 Å². The zero-order valence-electron chi connectivity index (χ0n) is 10.7. The monoisotopic (exact) mass is 250 g/mol. The van der Waals surface area contributed by atoms with Gasteiger partial charge in [-0.05, 0) is 43.0 Å². The number of aryl methyl sites for hydroxylation is 1. The number of hydrogen-bond acceptors (Lipinski definition) is 2. The van der Waals surface area contributed by atoms with E-state index in [2.05, 4.69) is 24.4 Å². The minimum absolute atomic E-state index is 0.377. The summed E-state index contributed by atoms with van der Waals surface area (Å²) in [6.45, 7) is 2.28. The van der Waals surface area contributed by atoms with Gasteiger partial charge < -0.3 is 0 Å². The summed E-state index contributed by atoms with van der Waals surface area (Å²) < 4.78 is 0. The number of carbonyl (C=O) groups is 1. The number of thiophene rings is 1. The van der Waals surface area contributed by atoms with Crippen LogP contribution in [0, 0.1) is 11.8 Å². The molecule has 0 aromatic carbocycles. The zero-order chi connectivity index (χ0) is 12.1. The molecule has 2 rings (SSSR count). The fourth-order valence-electron chi connectivity index (χ4n) is 2.82. The third-order valence-electron chi connectivity index (χ3n) is 3.82. The van der Waals surface area contributed by atoms with Crippen molar-refractivity contribution in [2.75, 3.05) is 0 Å². The van der Waals surface area contributed by atoms with Crippen molar-refractivity contribution in [2.24, 2.45) is 11.8 Å². The van der Waals surface area contributed by atoms with Crippen LogP contribution in [0.4, 0.5) is 0 Å². The summed E-state index contributed by atoms with van der Waals surface area (Å²) in [4.78, 5) is 13.5. The minimum Gasteiger partial charge on any atom is -0.299 e. The molecule has 0 radical (unpaired) electrons. The molecule has 0 bridgehead atoms. The number of Topliss-reactive ketones (excluding diaryl/α,β-unsaturated/α-hetero) is 1. The fourth-order valence-corrected chi connectivity index (χ4v) is 3.57. The molecular weight excluding hydrogens is 228 g/mol. The van der Waals surface area contributed by atoms with E-state index in [-0.39, 0.29) is 0 Å². The van der Waals surface area contributed by atoms with Gasteiger partial charge in [0.15, 0.2) is 0 Å². The Morgan fingerprint density at radius 3 is 3.06 bits per heavy atom. The predicted octanol–water partition coefficient (Wildman–Crippen LogP) is 4.47. The second-order valence-corrected chi connectivity index (χ2v) is 6.40. The molecule has 1 saturated carbocycles. The average Bonchev–Trinajstić information content (AvgIpc) is 2.82. The molecule has 1 aromatic rings. The van der Waals surface area contributed by atoms with Crippen LogP contribution in [0.2, 0.25) is 0 Å². The van der Waals surface area contributed by atoms with Crippen molar-refractivity contribution >= 4 is 17.1 Å². The largest absolute Gasteiger partial charge is 0.299 e. The van der Waals surface area contributed by atoms with Gasteiger partial charge in [-0.2, -0.15) is 0 Å². The van der Waals surface area contributed by atoms with Crippen molar-refractivity contribution in [3.8, 4) is 0 Å². The Balaban J connectivity index is 1.70. The fraction of sp³-hybridized carbons (Fsp3) is 0.667. The Morgan fingerprint density at radius 1 is 1.47 bits per heavy atom. The van der Waals surface area contributed by atoms with Gasteiger partial charge in [-0.3, -0.25) is 4.79 Å². The number of rotatable bonds is 5. The van der Waals surface area contributed by atoms with Crippen LogP contribution >= 0.6 is 11.3 Å². The Hall–Kier alpha value is -0.630. The van der Waals surface area contributed by atoms with Gasteiger partial charge in [0.1, 0.15) is 5.78 Å². The van der Waals surface area contributed by atoms with E-state index in [1.807, 2.05) is 0 Å². The predicted molar refractivity (Wildman–Crippen MR) is 73.4 cm³/mol. The van der Waals surface area contributed by atoms with Crippen molar-refractivity contribution in [2.45, 2.75) is 51.9 Å². The molecule has 0 spiro atoms. The highest BCUT2D eigenvalue weighted by Gasteiger charge is 2.24. The van der Waals surface area contributed by atoms with Crippen LogP contribution in [0.15, 0.2) is 17.5 Å². The van der Waals surface area contributed by atoms with Gasteiger partial charge >= 0.3 is 0 Å². The Bertz CT molecular complexity index is 342. The van der Waals surface area contributed by atoms with Crippen LogP contribution in [0.1, 0.15) is 50.3 Å². The lowest BCUT2D eigenvalue weighted by atomic mass is 9.79. The second kappa shape index (κ2) is 6.34. The molecule has 0 aliphatic heterocycles. The van der Waals surface area contributed by atoms with Crippen molar-refractivity contribution < 1.29 is 4.79 Å². The maximum Gasteiger partial charge on any atom is 0.135 e. The summed E-state index contributed by atoms with van der Waals surface area (Å²) in [5.41, 5.74) is 0. The second-order valence-electron chi connectivity index (χ2n) is 5.37. The van der Waals surface area contributed by atoms with E-state index in [9.17, 15) is 4.79 Å². The van der Waals surface area contributed by atoms with Crippen molar-refractivity contribution in [1.82, 2.24) is 0 Å². The van der Waals surface area contributed by atoms with Gasteiger partial charge in [-0.1, -0.05) is 25.8 Å². The maximum atomic E-state index is 12.1. The highest BCUT2D eigenvalue weighted by atomic mass is 32.1. The van der Waals surface area contributed by atoms with Gasteiger partial charge in [0.2, 0.25) is 0 Å². The summed E-state index contributed by atoms with van der Waals surface area (Å²) in [6.07, 6.45) is 7.74. The molecule has 2 heteroatoms. The lowest BCUT2D eigenvalue weighted by Gasteiger charge is -2.25. The Morgan fingerprint density at radius 2 is 2.35 bits per heavy atom. The van der Waals surface area contributed by atoms with Crippen LogP contribution in [0.5, 0.6) is 0 Å². The minimum atomic E-state index is 0.377. The molecule has 17 heavy (non-hydrogen) atoms. The quantitative estimate of drug-likeness (QED) is 0.753. The number of ketones is 1. The molecule has 0 amide bonds. The van der Waals surface area contributed by atoms with Crippen LogP contribution in [0.25, 0.3) is 0 Å². The topological polar surface area (TPSA) is 17.1 Å². The Labute approximate surface area is 108 Å². The van der Waals surface area contributed by atoms with Crippen LogP contribution < -0.4 is 0 Å². The first-order chi connectivity index (χ1) is 8.25. The number of carbonyl (C=O) groups excluding carboxylic acids is 1. The van der Waals surface area contributed by atoms with E-state index in [4.69, 9.17) is 0 Å². The van der Waals surface area contributed by atoms with Gasteiger partial charge in [0.05, 0.1) is 0 Å². The zero-order valence-corrected chi connectivity index (χ0v) is 11.5. The average molecular weight is 250 g/mol. The molecule has 1 fully saturated rings. The molecule has 2 atom stereocenters. The lowest BCUT2D eigenvalue weighted by molar-refractivity contribution is -0.124. The van der Waals surface area contributed by atoms with Gasteiger partial charge in [-0.25, -0.2) is 0 Å². The molecule has 1 aromatic heterocycles. The van der Waals surface area contributed by atoms with Crippen molar-refractivity contribution in [3.63, 3.8) is 0 Å². The lowest BCUT2D eigenvalue weighted by Crippen LogP contribution is -2.21. The van der Waals surface area contributed by atoms with E-state index in [0.29, 0.717) is 11.7 Å². The van der Waals surface area contributed by atoms with Crippen LogP contribution in [-0.4, -0.2) is 5.78 Å². The molecular formula is C15H22OS. The maximum absolute atomic E-state index is 12.1. The van der Waals surface area contributed by atoms with E-state index < -0.39 is 0 Å². The molecule has 1 heterocycles. The van der Waals surface area contributed by atoms with Crippen LogP contribution in [0.3, 0.4) is 0 Å². The first-order valence-corrected chi connectivity index (χ1v) is 7.69. The highest BCUT2D eigenvalue weighted by molar-refractivity contribution is 7.09. The van der Waals surface area contributed by atoms with Crippen molar-refractivity contribution in [1.29, 1.82) is 0 Å². The summed E-state index contributed by atoms with van der Waals surface area (Å²) in [6, 6.07) is 4.25. The molecule has 94 valence electrons. The SMILES string of the molecule is CC1CCCC(C(=O)CCCc2cccs2)C1. The van der Waals surface area contributed by atoms with Crippen LogP contribution in [-0.2, 0) is 11.2 Å². The summed E-state index contributed by atoms with van der Waals surface area (Å²) in [5, 5.41) is 2.11. The summed E-state index contributed by atoms with van der Waals surface area (Å²) >= 11 is 1.80. The van der Waals surface area contributed by atoms with E-state index in [1.54, 1.807) is 11.3 Å². The van der Waals surface area contributed by atoms with Gasteiger partial charge in [0, 0.05) is 17.2 Å². The van der Waals surface area contributed by atoms with Gasteiger partial charge in [-0.15, -0.1) is 11.3 Å². The van der Waals surface area contributed by atoms with E-state index in [1.165, 1.54) is 17.7 Å². The smallest absolute Gasteiger partial charge is 0.135 e. The normalized spacial score (nSPS) is 24.8. The third-order valence-corrected chi connectivity index (χ3v) is 4.75. The van der Waals surface area contributed by atoms with E-state index in [0.717, 1.165) is 38.0 Å². The summed E-state index contributed by atoms with van der Waals surface area (Å²) in [5.74, 6) is 1.66. The molecule has 0 N–H and O–H groups in total. The first-order valence-electron chi connectivity index (χ1n) is 6.81. The molecule has 2 unspecified atom stereocenters. The third kappa shape index (κ3) is 3.95. The van der Waals surface area contributed by atoms with Gasteiger partial charge in [0.25, 0.3) is 0 Å². The standard InChI is InChI=1S/C15H22OS/c1-12-5-2-6-13(11-12)15(16)9-3-7-14-8-4-10-17-14/h4,8,10,12-13H,2-3,5-7,9,11H2,1H3. The van der Waals surface area contributed by atoms with Crippen molar-refractivity contribution in [3.05, 3.63) is 22.4 Å². The highest BCUT2D eigenvalue weighted by Crippen LogP contribution is 2.30. The molecule has 1 nitrogen and oxygen atoms in total. The first kappa shape index (κ1) is 12.8. The number of hydrogen-bond donors (Lipinski definition) is 0.